The van der Waals surface area contributed by atoms with Crippen LogP contribution in [0.5, 0.6) is 0 Å². The molecule has 0 amide bonds. The van der Waals surface area contributed by atoms with Crippen molar-refractivity contribution in [3.05, 3.63) is 12.2 Å². The van der Waals surface area contributed by atoms with Gasteiger partial charge in [0.1, 0.15) is 19.0 Å². The fraction of sp³-hybridized carbons (Fsp3) is 0.667. The summed E-state index contributed by atoms with van der Waals surface area (Å²) in [7, 11) is -4.16. The molecule has 0 heterocycles. The molecule has 0 aromatic heterocycles. The van der Waals surface area contributed by atoms with Crippen LogP contribution in [0.2, 0.25) is 0 Å². The van der Waals surface area contributed by atoms with Crippen LogP contribution >= 0.6 is 0 Å². The summed E-state index contributed by atoms with van der Waals surface area (Å²) < 4.78 is 39.1. The van der Waals surface area contributed by atoms with E-state index in [4.69, 9.17) is 14.0 Å². The quantitative estimate of drug-likeness (QED) is 0.271. The Morgan fingerprint density at radius 3 is 2.38 bits per heavy atom. The van der Waals surface area contributed by atoms with E-state index in [0.717, 1.165) is 0 Å². The second kappa shape index (κ2) is 12.4. The van der Waals surface area contributed by atoms with Gasteiger partial charge in [0, 0.05) is 6.08 Å². The number of ether oxygens (including phenoxy) is 2. The molecule has 0 rings (SSSR count). The number of esters is 2. The molecule has 7 nitrogen and oxygen atoms in total. The Morgan fingerprint density at radius 2 is 1.90 bits per heavy atom. The van der Waals surface area contributed by atoms with Crippen molar-refractivity contribution in [2.24, 2.45) is 5.92 Å². The molecule has 1 N–H and O–H groups in total. The SMILES string of the molecule is CC=CC(=O)OCC(CCC)C(=O)OCCS(=O)(=O)O.[CaH2]. The van der Waals surface area contributed by atoms with Gasteiger partial charge in [0.25, 0.3) is 10.1 Å². The Bertz CT molecular complexity index is 445. The zero-order valence-corrected chi connectivity index (χ0v) is 12.4. The van der Waals surface area contributed by atoms with Crippen molar-refractivity contribution in [3.63, 3.8) is 0 Å². The van der Waals surface area contributed by atoms with Crippen molar-refractivity contribution in [1.29, 1.82) is 0 Å². The fourth-order valence-corrected chi connectivity index (χ4v) is 1.64. The molecule has 0 fully saturated rings. The molecule has 1 unspecified atom stereocenters. The third-order valence-electron chi connectivity index (χ3n) is 2.29. The van der Waals surface area contributed by atoms with Gasteiger partial charge in [-0.05, 0) is 13.3 Å². The van der Waals surface area contributed by atoms with E-state index >= 15 is 0 Å². The first kappa shape index (κ1) is 23.1. The van der Waals surface area contributed by atoms with Gasteiger partial charge in [-0.15, -0.1) is 0 Å². The van der Waals surface area contributed by atoms with E-state index < -0.39 is 40.3 Å². The molecule has 0 radical (unpaired) electrons. The summed E-state index contributed by atoms with van der Waals surface area (Å²) >= 11 is 0. The molecule has 0 saturated heterocycles. The molecule has 0 aliphatic carbocycles. The Balaban J connectivity index is 0. The van der Waals surface area contributed by atoms with Crippen molar-refractivity contribution in [3.8, 4) is 0 Å². The first-order valence-electron chi connectivity index (χ1n) is 6.21. The van der Waals surface area contributed by atoms with Crippen molar-refractivity contribution in [1.82, 2.24) is 0 Å². The van der Waals surface area contributed by atoms with E-state index in [-0.39, 0.29) is 44.3 Å². The molecule has 120 valence electrons. The number of hydrogen-bond donors (Lipinski definition) is 1. The molecule has 0 aliphatic heterocycles. The van der Waals surface area contributed by atoms with Crippen molar-refractivity contribution in [2.75, 3.05) is 19.0 Å². The van der Waals surface area contributed by atoms with Crippen LogP contribution in [0.4, 0.5) is 0 Å². The van der Waals surface area contributed by atoms with Gasteiger partial charge in [-0.25, -0.2) is 4.79 Å². The van der Waals surface area contributed by atoms with Gasteiger partial charge in [0.2, 0.25) is 0 Å². The molecule has 1 atom stereocenters. The van der Waals surface area contributed by atoms with Crippen LogP contribution in [0, 0.1) is 5.92 Å². The molecule has 0 spiro atoms. The van der Waals surface area contributed by atoms with E-state index in [1.807, 2.05) is 6.92 Å². The summed E-state index contributed by atoms with van der Waals surface area (Å²) in [5.41, 5.74) is 0. The predicted molar refractivity (Wildman–Crippen MR) is 80.1 cm³/mol. The van der Waals surface area contributed by atoms with E-state index in [1.165, 1.54) is 12.2 Å². The topological polar surface area (TPSA) is 107 Å². The average Bonchev–Trinajstić information content (AvgIpc) is 2.33. The van der Waals surface area contributed by atoms with Crippen LogP contribution in [0.3, 0.4) is 0 Å². The monoisotopic (exact) mass is 350 g/mol. The molecule has 0 aromatic rings. The van der Waals surface area contributed by atoms with Crippen LogP contribution < -0.4 is 0 Å². The van der Waals surface area contributed by atoms with Crippen LogP contribution in [0.15, 0.2) is 12.2 Å². The summed E-state index contributed by atoms with van der Waals surface area (Å²) in [5.74, 6) is -2.51. The van der Waals surface area contributed by atoms with Crippen LogP contribution in [-0.4, -0.2) is 81.6 Å². The Morgan fingerprint density at radius 1 is 1.29 bits per heavy atom. The number of allylic oxidation sites excluding steroid dienone is 1. The fourth-order valence-electron chi connectivity index (χ4n) is 1.35. The van der Waals surface area contributed by atoms with Crippen molar-refractivity contribution in [2.45, 2.75) is 26.7 Å². The number of hydrogen-bond acceptors (Lipinski definition) is 6. The Kier molecular flexibility index (Phi) is 13.7. The van der Waals surface area contributed by atoms with E-state index in [9.17, 15) is 18.0 Å². The third-order valence-corrected chi connectivity index (χ3v) is 2.97. The predicted octanol–water partition coefficient (Wildman–Crippen LogP) is 0.0368. The summed E-state index contributed by atoms with van der Waals surface area (Å²) in [4.78, 5) is 22.8. The first-order chi connectivity index (χ1) is 9.30. The van der Waals surface area contributed by atoms with Crippen LogP contribution in [0.25, 0.3) is 0 Å². The van der Waals surface area contributed by atoms with Gasteiger partial charge >= 0.3 is 49.7 Å². The number of rotatable bonds is 9. The number of carbonyl (C=O) groups is 2. The van der Waals surface area contributed by atoms with Gasteiger partial charge in [-0.1, -0.05) is 19.4 Å². The Labute approximate surface area is 154 Å². The third kappa shape index (κ3) is 13.2. The minimum absolute atomic E-state index is 0. The number of carbonyl (C=O) groups excluding carboxylic acids is 2. The maximum atomic E-state index is 11.7. The van der Waals surface area contributed by atoms with E-state index in [2.05, 4.69) is 0 Å². The van der Waals surface area contributed by atoms with Crippen molar-refractivity contribution < 1.29 is 32.0 Å². The average molecular weight is 350 g/mol. The molecule has 21 heavy (non-hydrogen) atoms. The van der Waals surface area contributed by atoms with Crippen molar-refractivity contribution >= 4 is 59.8 Å². The van der Waals surface area contributed by atoms with Gasteiger partial charge in [0.05, 0.1) is 5.92 Å². The van der Waals surface area contributed by atoms with E-state index in [1.54, 1.807) is 6.92 Å². The van der Waals surface area contributed by atoms with Crippen LogP contribution in [0.1, 0.15) is 26.7 Å². The van der Waals surface area contributed by atoms with Crippen LogP contribution in [-0.2, 0) is 29.2 Å². The Hall–Kier alpha value is -0.150. The summed E-state index contributed by atoms with van der Waals surface area (Å²) in [6.45, 7) is 2.96. The van der Waals surface area contributed by atoms with Gasteiger partial charge in [0.15, 0.2) is 0 Å². The zero-order valence-electron chi connectivity index (χ0n) is 11.6. The van der Waals surface area contributed by atoms with Gasteiger partial charge in [-0.3, -0.25) is 9.35 Å². The summed E-state index contributed by atoms with van der Waals surface area (Å²) in [6.07, 6.45) is 3.88. The molecule has 0 bridgehead atoms. The second-order valence-corrected chi connectivity index (χ2v) is 5.64. The summed E-state index contributed by atoms with van der Waals surface area (Å²) in [5, 5.41) is 0. The molecule has 9 heteroatoms. The normalized spacial score (nSPS) is 12.5. The van der Waals surface area contributed by atoms with Gasteiger partial charge < -0.3 is 9.47 Å². The molecule has 0 aromatic carbocycles. The first-order valence-corrected chi connectivity index (χ1v) is 7.82. The molecular formula is C12H22CaO7S. The summed E-state index contributed by atoms with van der Waals surface area (Å²) in [6, 6.07) is 0. The minimum atomic E-state index is -4.16. The molecule has 0 aliphatic rings. The zero-order chi connectivity index (χ0) is 15.6. The van der Waals surface area contributed by atoms with Gasteiger partial charge in [-0.2, -0.15) is 8.42 Å². The second-order valence-electron chi connectivity index (χ2n) is 4.07. The van der Waals surface area contributed by atoms with E-state index in [0.29, 0.717) is 12.8 Å². The molecule has 0 saturated carbocycles. The standard InChI is InChI=1S/C12H20O7S.Ca.2H/c1-3-5-10(9-19-11(13)6-4-2)12(14)18-7-8-20(15,16)17;;;/h4,6,10H,3,5,7-9H2,1-2H3,(H,15,16,17);;;. The maximum absolute atomic E-state index is 11.7. The molecular weight excluding hydrogens is 328 g/mol.